The van der Waals surface area contributed by atoms with Gasteiger partial charge in [-0.25, -0.2) is 0 Å². The van der Waals surface area contributed by atoms with Crippen LogP contribution in [-0.2, 0) is 4.74 Å². The largest absolute Gasteiger partial charge is 1.00 e. The Morgan fingerprint density at radius 2 is 2.33 bits per heavy atom. The molecule has 0 aromatic carbocycles. The van der Waals surface area contributed by atoms with Crippen molar-refractivity contribution in [1.82, 2.24) is 0 Å². The summed E-state index contributed by atoms with van der Waals surface area (Å²) in [6.45, 7) is 1.10. The molecule has 3 nitrogen and oxygen atoms in total. The van der Waals surface area contributed by atoms with Crippen LogP contribution in [-0.4, -0.2) is 30.5 Å². The molecule has 1 saturated heterocycles. The molecule has 3 N–H and O–H groups in total. The van der Waals surface area contributed by atoms with Crippen LogP contribution in [0.4, 0.5) is 0 Å². The normalized spacial score (nSPS) is 35.3. The minimum Gasteiger partial charge on any atom is -1.00 e. The first kappa shape index (κ1) is 9.17. The lowest BCUT2D eigenvalue weighted by molar-refractivity contribution is -0.0182. The molecule has 0 saturated carbocycles. The second-order valence-electron chi connectivity index (χ2n) is 2.09. The molecule has 1 aliphatic rings. The van der Waals surface area contributed by atoms with Crippen LogP contribution in [0, 0.1) is 0 Å². The topological polar surface area (TPSA) is 55.5 Å². The van der Waals surface area contributed by atoms with E-state index in [1.165, 1.54) is 0 Å². The van der Waals surface area contributed by atoms with E-state index < -0.39 is 6.10 Å². The fraction of sp³-hybridized carbons (Fsp3) is 1.00. The standard InChI is InChI=1S/C5H11NO2.ClH/c6-4-1-2-8-3-5(4)7;/h4-5,7H,1-3,6H2;1H. The molecule has 56 valence electrons. The summed E-state index contributed by atoms with van der Waals surface area (Å²) in [5.41, 5.74) is 5.45. The summed E-state index contributed by atoms with van der Waals surface area (Å²) < 4.78 is 4.92. The van der Waals surface area contributed by atoms with E-state index in [0.29, 0.717) is 13.2 Å². The van der Waals surface area contributed by atoms with Gasteiger partial charge in [0.15, 0.2) is 0 Å². The van der Waals surface area contributed by atoms with Gasteiger partial charge in [-0.1, -0.05) is 0 Å². The maximum atomic E-state index is 8.93. The molecular weight excluding hydrogens is 142 g/mol. The molecule has 4 heteroatoms. The Bertz CT molecular complexity index is 76.0. The zero-order valence-electron chi connectivity index (χ0n) is 6.09. The van der Waals surface area contributed by atoms with Crippen LogP contribution in [0.2, 0.25) is 0 Å². The second-order valence-corrected chi connectivity index (χ2v) is 2.09. The van der Waals surface area contributed by atoms with Gasteiger partial charge >= 0.3 is 1.43 Å². The molecule has 2 unspecified atom stereocenters. The quantitative estimate of drug-likeness (QED) is 0.376. The number of halogens is 1. The molecule has 0 aliphatic carbocycles. The van der Waals surface area contributed by atoms with Gasteiger partial charge in [-0.3, -0.25) is 0 Å². The lowest BCUT2D eigenvalue weighted by atomic mass is 10.1. The average Bonchev–Trinajstić information content (AvgIpc) is 1.77. The number of rotatable bonds is 0. The third-order valence-corrected chi connectivity index (χ3v) is 1.38. The summed E-state index contributed by atoms with van der Waals surface area (Å²) in [7, 11) is 0. The van der Waals surface area contributed by atoms with Gasteiger partial charge in [-0.2, -0.15) is 0 Å². The van der Waals surface area contributed by atoms with E-state index in [2.05, 4.69) is 0 Å². The molecule has 0 radical (unpaired) electrons. The van der Waals surface area contributed by atoms with E-state index in [4.69, 9.17) is 15.6 Å². The predicted molar refractivity (Wildman–Crippen MR) is 30.5 cm³/mol. The zero-order valence-corrected chi connectivity index (χ0v) is 5.84. The Kier molecular flexibility index (Phi) is 4.14. The highest BCUT2D eigenvalue weighted by Crippen LogP contribution is 2.03. The zero-order chi connectivity index (χ0) is 5.98. The number of aliphatic hydroxyl groups excluding tert-OH is 1. The molecule has 0 spiro atoms. The number of hydrogen-bond donors (Lipinski definition) is 2. The van der Waals surface area contributed by atoms with Crippen molar-refractivity contribution in [2.45, 2.75) is 18.6 Å². The number of ether oxygens (including phenoxy) is 1. The third-order valence-electron chi connectivity index (χ3n) is 1.38. The third kappa shape index (κ3) is 2.49. The lowest BCUT2D eigenvalue weighted by Crippen LogP contribution is -3.00. The monoisotopic (exact) mass is 153 g/mol. The van der Waals surface area contributed by atoms with Gasteiger partial charge in [0, 0.05) is 12.6 Å². The van der Waals surface area contributed by atoms with Crippen molar-refractivity contribution >= 4 is 0 Å². The summed E-state index contributed by atoms with van der Waals surface area (Å²) in [4.78, 5) is 0. The minimum absolute atomic E-state index is 0. The Hall–Kier alpha value is 0.170. The SMILES string of the molecule is NC1CCOCC1O.[Cl-].[H+]. The first-order valence-electron chi connectivity index (χ1n) is 2.82. The van der Waals surface area contributed by atoms with Crippen molar-refractivity contribution in [3.8, 4) is 0 Å². The number of hydrogen-bond acceptors (Lipinski definition) is 3. The summed E-state index contributed by atoms with van der Waals surface area (Å²) in [6, 6.07) is -0.0660. The molecular formula is C5H12ClNO2. The molecule has 9 heavy (non-hydrogen) atoms. The van der Waals surface area contributed by atoms with Gasteiger partial charge < -0.3 is 28.0 Å². The summed E-state index contributed by atoms with van der Waals surface area (Å²) in [5.74, 6) is 0. The van der Waals surface area contributed by atoms with Crippen molar-refractivity contribution in [1.29, 1.82) is 0 Å². The van der Waals surface area contributed by atoms with Crippen LogP contribution >= 0.6 is 0 Å². The summed E-state index contributed by atoms with van der Waals surface area (Å²) in [6.07, 6.45) is 0.338. The van der Waals surface area contributed by atoms with Gasteiger partial charge in [0.25, 0.3) is 0 Å². The first-order chi connectivity index (χ1) is 3.80. The highest BCUT2D eigenvalue weighted by Gasteiger charge is 2.18. The predicted octanol–water partition coefficient (Wildman–Crippen LogP) is -3.79. The smallest absolute Gasteiger partial charge is 1.00 e. The van der Waals surface area contributed by atoms with Crippen LogP contribution in [0.3, 0.4) is 0 Å². The lowest BCUT2D eigenvalue weighted by Gasteiger charge is -2.23. The van der Waals surface area contributed by atoms with Crippen molar-refractivity contribution in [2.75, 3.05) is 13.2 Å². The van der Waals surface area contributed by atoms with E-state index in [1.54, 1.807) is 0 Å². The molecule has 1 aliphatic heterocycles. The highest BCUT2D eigenvalue weighted by molar-refractivity contribution is 4.74. The molecule has 2 atom stereocenters. The molecule has 1 rings (SSSR count). The van der Waals surface area contributed by atoms with Gasteiger partial charge in [-0.05, 0) is 6.42 Å². The Morgan fingerprint density at radius 3 is 2.67 bits per heavy atom. The Balaban J connectivity index is 0. The van der Waals surface area contributed by atoms with E-state index in [0.717, 1.165) is 6.42 Å². The van der Waals surface area contributed by atoms with Crippen molar-refractivity contribution in [2.24, 2.45) is 5.73 Å². The maximum Gasteiger partial charge on any atom is 1.00 e. The van der Waals surface area contributed by atoms with Crippen molar-refractivity contribution in [3.05, 3.63) is 0 Å². The van der Waals surface area contributed by atoms with Crippen LogP contribution in [0.1, 0.15) is 7.85 Å². The van der Waals surface area contributed by atoms with Gasteiger partial charge in [0.05, 0.1) is 12.7 Å². The van der Waals surface area contributed by atoms with Gasteiger partial charge in [0.1, 0.15) is 0 Å². The highest BCUT2D eigenvalue weighted by atomic mass is 35.5. The second kappa shape index (κ2) is 4.06. The molecule has 0 aromatic rings. The number of aliphatic hydroxyl groups is 1. The number of nitrogens with two attached hydrogens (primary N) is 1. The molecule has 0 aromatic heterocycles. The van der Waals surface area contributed by atoms with Gasteiger partial charge in [-0.15, -0.1) is 0 Å². The van der Waals surface area contributed by atoms with E-state index in [-0.39, 0.29) is 19.9 Å². The Labute approximate surface area is 62.1 Å². The molecule has 0 bridgehead atoms. The molecule has 1 fully saturated rings. The van der Waals surface area contributed by atoms with E-state index in [1.807, 2.05) is 0 Å². The van der Waals surface area contributed by atoms with Crippen LogP contribution in [0.5, 0.6) is 0 Å². The van der Waals surface area contributed by atoms with Gasteiger partial charge in [0.2, 0.25) is 0 Å². The Morgan fingerprint density at radius 1 is 1.67 bits per heavy atom. The van der Waals surface area contributed by atoms with Crippen LogP contribution < -0.4 is 18.1 Å². The van der Waals surface area contributed by atoms with Crippen molar-refractivity contribution < 1.29 is 23.7 Å². The van der Waals surface area contributed by atoms with E-state index in [9.17, 15) is 0 Å². The van der Waals surface area contributed by atoms with Crippen molar-refractivity contribution in [3.63, 3.8) is 0 Å². The molecule has 1 heterocycles. The summed E-state index contributed by atoms with van der Waals surface area (Å²) in [5, 5.41) is 8.93. The average molecular weight is 154 g/mol. The minimum atomic E-state index is -0.441. The fourth-order valence-electron chi connectivity index (χ4n) is 0.739. The summed E-state index contributed by atoms with van der Waals surface area (Å²) >= 11 is 0. The van der Waals surface area contributed by atoms with E-state index >= 15 is 0 Å². The van der Waals surface area contributed by atoms with Crippen LogP contribution in [0.25, 0.3) is 0 Å². The first-order valence-corrected chi connectivity index (χ1v) is 2.82. The van der Waals surface area contributed by atoms with Crippen LogP contribution in [0.15, 0.2) is 0 Å². The molecule has 0 amide bonds. The maximum absolute atomic E-state index is 8.93. The fourth-order valence-corrected chi connectivity index (χ4v) is 0.739.